The molecule has 0 aromatic heterocycles. The lowest BCUT2D eigenvalue weighted by molar-refractivity contribution is 0.166. The minimum atomic E-state index is 0.361. The van der Waals surface area contributed by atoms with E-state index in [1.165, 1.54) is 25.7 Å². The minimum Gasteiger partial charge on any atom is -0.508 e. The average Bonchev–Trinajstić information content (AvgIpc) is 2.31. The fraction of sp³-hybridized carbons (Fsp3) is 0.600. The lowest BCUT2D eigenvalue weighted by Crippen LogP contribution is -2.43. The molecule has 0 heterocycles. The molecule has 1 unspecified atom stereocenters. The lowest BCUT2D eigenvalue weighted by atomic mass is 9.73. The Bertz CT molecular complexity index is 417. The molecule has 0 amide bonds. The molecule has 0 radical (unpaired) electrons. The van der Waals surface area contributed by atoms with Gasteiger partial charge in [0, 0.05) is 22.6 Å². The molecule has 0 spiro atoms. The zero-order valence-electron chi connectivity index (χ0n) is 11.2. The van der Waals surface area contributed by atoms with Crippen molar-refractivity contribution in [3.8, 4) is 5.75 Å². The number of halogens is 1. The Hall–Kier alpha value is -0.540. The summed E-state index contributed by atoms with van der Waals surface area (Å²) >= 11 is 3.45. The summed E-state index contributed by atoms with van der Waals surface area (Å²) < 4.78 is 1.01. The normalized spacial score (nSPS) is 22.9. The number of rotatable bonds is 3. The Labute approximate surface area is 118 Å². The van der Waals surface area contributed by atoms with Gasteiger partial charge < -0.3 is 10.4 Å². The minimum absolute atomic E-state index is 0.361. The molecule has 100 valence electrons. The van der Waals surface area contributed by atoms with E-state index in [4.69, 9.17) is 0 Å². The monoisotopic (exact) mass is 311 g/mol. The fourth-order valence-electron chi connectivity index (χ4n) is 2.80. The first-order valence-electron chi connectivity index (χ1n) is 6.70. The highest BCUT2D eigenvalue weighted by atomic mass is 79.9. The molecule has 2 N–H and O–H groups in total. The van der Waals surface area contributed by atoms with Gasteiger partial charge in [-0.15, -0.1) is 0 Å². The molecule has 0 bridgehead atoms. The average molecular weight is 312 g/mol. The van der Waals surface area contributed by atoms with Crippen LogP contribution in [-0.4, -0.2) is 11.1 Å². The topological polar surface area (TPSA) is 32.3 Å². The number of nitrogens with one attached hydrogen (secondary N) is 1. The summed E-state index contributed by atoms with van der Waals surface area (Å²) in [4.78, 5) is 0. The van der Waals surface area contributed by atoms with Gasteiger partial charge >= 0.3 is 0 Å². The summed E-state index contributed by atoms with van der Waals surface area (Å²) in [6.45, 7) is 5.41. The van der Waals surface area contributed by atoms with Crippen molar-refractivity contribution in [2.24, 2.45) is 5.41 Å². The van der Waals surface area contributed by atoms with E-state index in [2.05, 4.69) is 35.1 Å². The number of hydrogen-bond donors (Lipinski definition) is 2. The van der Waals surface area contributed by atoms with Gasteiger partial charge in [-0.2, -0.15) is 0 Å². The van der Waals surface area contributed by atoms with E-state index < -0.39 is 0 Å². The van der Waals surface area contributed by atoms with E-state index in [9.17, 15) is 5.11 Å². The van der Waals surface area contributed by atoms with Crippen molar-refractivity contribution < 1.29 is 5.11 Å². The fourth-order valence-corrected chi connectivity index (χ4v) is 3.21. The molecule has 0 aliphatic heterocycles. The molecule has 1 fully saturated rings. The Morgan fingerprint density at radius 3 is 2.89 bits per heavy atom. The molecule has 2 rings (SSSR count). The summed E-state index contributed by atoms with van der Waals surface area (Å²) in [7, 11) is 0. The highest BCUT2D eigenvalue weighted by Crippen LogP contribution is 2.35. The molecule has 1 aliphatic rings. The third kappa shape index (κ3) is 3.27. The zero-order chi connectivity index (χ0) is 13.2. The van der Waals surface area contributed by atoms with Gasteiger partial charge in [0.15, 0.2) is 0 Å². The van der Waals surface area contributed by atoms with Crippen LogP contribution in [0.25, 0.3) is 0 Å². The Morgan fingerprint density at radius 1 is 1.39 bits per heavy atom. The van der Waals surface area contributed by atoms with Gasteiger partial charge in [0.2, 0.25) is 0 Å². The van der Waals surface area contributed by atoms with E-state index >= 15 is 0 Å². The van der Waals surface area contributed by atoms with Crippen LogP contribution >= 0.6 is 15.9 Å². The van der Waals surface area contributed by atoms with Gasteiger partial charge in [-0.25, -0.2) is 0 Å². The van der Waals surface area contributed by atoms with Crippen molar-refractivity contribution in [1.29, 1.82) is 0 Å². The van der Waals surface area contributed by atoms with Crippen molar-refractivity contribution in [2.45, 2.75) is 52.1 Å². The van der Waals surface area contributed by atoms with E-state index in [-0.39, 0.29) is 0 Å². The summed E-state index contributed by atoms with van der Waals surface area (Å²) in [5, 5.41) is 13.4. The maximum absolute atomic E-state index is 9.83. The number of aromatic hydroxyl groups is 1. The lowest BCUT2D eigenvalue weighted by Gasteiger charge is -2.39. The van der Waals surface area contributed by atoms with Crippen molar-refractivity contribution in [3.05, 3.63) is 28.2 Å². The first-order valence-corrected chi connectivity index (χ1v) is 7.49. The van der Waals surface area contributed by atoms with E-state index in [0.717, 1.165) is 16.6 Å². The maximum Gasteiger partial charge on any atom is 0.120 e. The first kappa shape index (κ1) is 13.9. The number of phenols is 1. The molecular formula is C15H22BrNO. The van der Waals surface area contributed by atoms with E-state index in [0.29, 0.717) is 17.2 Å². The standard InChI is InChI=1S/C15H22BrNO/c1-15(2)8-4-3-5-14(15)17-10-11-9-12(16)6-7-13(11)18/h6-7,9,14,17-18H,3-5,8,10H2,1-2H3. The van der Waals surface area contributed by atoms with Gasteiger partial charge in [-0.1, -0.05) is 42.6 Å². The largest absolute Gasteiger partial charge is 0.508 e. The van der Waals surface area contributed by atoms with Crippen LogP contribution in [0.15, 0.2) is 22.7 Å². The molecule has 1 atom stereocenters. The highest BCUT2D eigenvalue weighted by Gasteiger charge is 2.31. The summed E-state index contributed by atoms with van der Waals surface area (Å²) in [6.07, 6.45) is 5.18. The third-order valence-corrected chi connectivity index (χ3v) is 4.58. The molecule has 1 aliphatic carbocycles. The van der Waals surface area contributed by atoms with Crippen LogP contribution < -0.4 is 5.32 Å². The molecule has 1 aromatic carbocycles. The van der Waals surface area contributed by atoms with Crippen LogP contribution in [0.5, 0.6) is 5.75 Å². The first-order chi connectivity index (χ1) is 8.49. The molecule has 1 saturated carbocycles. The van der Waals surface area contributed by atoms with Crippen molar-refractivity contribution in [3.63, 3.8) is 0 Å². The van der Waals surface area contributed by atoms with E-state index in [1.54, 1.807) is 6.07 Å². The number of phenolic OH excluding ortho intramolecular Hbond substituents is 1. The predicted molar refractivity (Wildman–Crippen MR) is 78.7 cm³/mol. The zero-order valence-corrected chi connectivity index (χ0v) is 12.8. The second kappa shape index (κ2) is 5.62. The maximum atomic E-state index is 9.83. The van der Waals surface area contributed by atoms with Crippen LogP contribution in [0.1, 0.15) is 45.1 Å². The summed E-state index contributed by atoms with van der Waals surface area (Å²) in [6, 6.07) is 6.14. The van der Waals surface area contributed by atoms with Gasteiger partial charge in [0.1, 0.15) is 5.75 Å². The number of benzene rings is 1. The Morgan fingerprint density at radius 2 is 2.17 bits per heavy atom. The molecule has 0 saturated heterocycles. The molecule has 2 nitrogen and oxygen atoms in total. The van der Waals surface area contributed by atoms with Crippen LogP contribution in [0.4, 0.5) is 0 Å². The van der Waals surface area contributed by atoms with Gasteiger partial charge in [0.05, 0.1) is 0 Å². The molecule has 18 heavy (non-hydrogen) atoms. The quantitative estimate of drug-likeness (QED) is 0.876. The second-order valence-electron chi connectivity index (χ2n) is 5.94. The van der Waals surface area contributed by atoms with Crippen molar-refractivity contribution in [2.75, 3.05) is 0 Å². The SMILES string of the molecule is CC1(C)CCCCC1NCc1cc(Br)ccc1O. The Kier molecular flexibility index (Phi) is 4.33. The summed E-state index contributed by atoms with van der Waals surface area (Å²) in [5.74, 6) is 0.374. The molecular weight excluding hydrogens is 290 g/mol. The van der Waals surface area contributed by atoms with Crippen LogP contribution in [0, 0.1) is 5.41 Å². The smallest absolute Gasteiger partial charge is 0.120 e. The van der Waals surface area contributed by atoms with Crippen LogP contribution in [0.2, 0.25) is 0 Å². The Balaban J connectivity index is 2.00. The van der Waals surface area contributed by atoms with Crippen molar-refractivity contribution in [1.82, 2.24) is 5.32 Å². The highest BCUT2D eigenvalue weighted by molar-refractivity contribution is 9.10. The predicted octanol–water partition coefficient (Wildman–Crippen LogP) is 4.21. The third-order valence-electron chi connectivity index (χ3n) is 4.09. The molecule has 3 heteroatoms. The van der Waals surface area contributed by atoms with Crippen molar-refractivity contribution >= 4 is 15.9 Å². The van der Waals surface area contributed by atoms with Crippen LogP contribution in [0.3, 0.4) is 0 Å². The van der Waals surface area contributed by atoms with Gasteiger partial charge in [-0.3, -0.25) is 0 Å². The van der Waals surface area contributed by atoms with E-state index in [1.807, 2.05) is 12.1 Å². The van der Waals surface area contributed by atoms with Gasteiger partial charge in [-0.05, 0) is 36.5 Å². The van der Waals surface area contributed by atoms with Gasteiger partial charge in [0.25, 0.3) is 0 Å². The number of hydrogen-bond acceptors (Lipinski definition) is 2. The summed E-state index contributed by atoms with van der Waals surface area (Å²) in [5.41, 5.74) is 1.32. The molecule has 1 aromatic rings. The van der Waals surface area contributed by atoms with Crippen LogP contribution in [-0.2, 0) is 6.54 Å². The second-order valence-corrected chi connectivity index (χ2v) is 6.86.